The lowest BCUT2D eigenvalue weighted by Crippen LogP contribution is -2.49. The van der Waals surface area contributed by atoms with Crippen molar-refractivity contribution in [1.82, 2.24) is 15.1 Å². The van der Waals surface area contributed by atoms with Crippen LogP contribution in [0.15, 0.2) is 48.5 Å². The molecule has 0 saturated carbocycles. The van der Waals surface area contributed by atoms with Gasteiger partial charge < -0.3 is 9.64 Å². The summed E-state index contributed by atoms with van der Waals surface area (Å²) in [5.74, 6) is -3.71. The number of nitrogens with one attached hydrogen (secondary N) is 1. The van der Waals surface area contributed by atoms with Gasteiger partial charge in [0.15, 0.2) is 22.5 Å². The van der Waals surface area contributed by atoms with Gasteiger partial charge in [0.1, 0.15) is 17.9 Å². The van der Waals surface area contributed by atoms with E-state index in [0.717, 1.165) is 28.7 Å². The van der Waals surface area contributed by atoms with Crippen LogP contribution in [0.2, 0.25) is 0 Å². The van der Waals surface area contributed by atoms with E-state index in [4.69, 9.17) is 17.0 Å². The predicted molar refractivity (Wildman–Crippen MR) is 212 cm³/mol. The van der Waals surface area contributed by atoms with Crippen molar-refractivity contribution in [3.63, 3.8) is 0 Å². The van der Waals surface area contributed by atoms with E-state index >= 15 is 0 Å². The second-order valence-electron chi connectivity index (χ2n) is 15.4. The third-order valence-electron chi connectivity index (χ3n) is 11.0. The molecule has 3 aromatic carbocycles. The zero-order chi connectivity index (χ0) is 42.8. The lowest BCUT2D eigenvalue weighted by Gasteiger charge is -2.34. The minimum Gasteiger partial charge on any atom is -0.492 e. The van der Waals surface area contributed by atoms with Gasteiger partial charge in [-0.05, 0) is 104 Å². The lowest BCUT2D eigenvalue weighted by molar-refractivity contribution is -0.138. The maximum Gasteiger partial charge on any atom is 0.417 e. The molecule has 6 rings (SSSR count). The molecule has 1 N–H and O–H groups in total. The molecule has 1 atom stereocenters. The number of halogens is 5. The first-order valence-electron chi connectivity index (χ1n) is 19.2. The monoisotopic (exact) mass is 838 g/mol. The molecule has 0 radical (unpaired) electrons. The summed E-state index contributed by atoms with van der Waals surface area (Å²) < 4.78 is 76.7. The summed E-state index contributed by atoms with van der Waals surface area (Å²) in [6.45, 7) is 8.67. The summed E-state index contributed by atoms with van der Waals surface area (Å²) in [5, 5.41) is 11.5. The van der Waals surface area contributed by atoms with Crippen molar-refractivity contribution in [2.24, 2.45) is 5.92 Å². The Kier molecular flexibility index (Phi) is 12.8. The Morgan fingerprint density at radius 1 is 0.983 bits per heavy atom. The predicted octanol–water partition coefficient (Wildman–Crippen LogP) is 5.74. The normalized spacial score (nSPS) is 18.9. The molecule has 59 heavy (non-hydrogen) atoms. The van der Waals surface area contributed by atoms with E-state index in [1.807, 2.05) is 17.9 Å². The molecule has 3 heterocycles. The number of nitriles is 1. The van der Waals surface area contributed by atoms with Crippen LogP contribution in [0, 0.1) is 28.9 Å². The Labute approximate surface area is 343 Å². The maximum atomic E-state index is 14.7. The number of nitrogens with zero attached hydrogens (tertiary/aromatic N) is 5. The number of piperidine rings is 1. The average Bonchev–Trinajstić information content (AvgIpc) is 3.36. The molecule has 3 aliphatic heterocycles. The minimum atomic E-state index is -4.81. The second kappa shape index (κ2) is 17.5. The summed E-state index contributed by atoms with van der Waals surface area (Å²) in [6, 6.07) is 12.4. The van der Waals surface area contributed by atoms with Crippen LogP contribution in [0.1, 0.15) is 61.4 Å². The average molecular weight is 839 g/mol. The third-order valence-corrected chi connectivity index (χ3v) is 11.3. The van der Waals surface area contributed by atoms with Gasteiger partial charge in [-0.15, -0.1) is 0 Å². The molecule has 3 saturated heterocycles. The fourth-order valence-electron chi connectivity index (χ4n) is 7.73. The van der Waals surface area contributed by atoms with Crippen LogP contribution in [0.4, 0.5) is 33.3 Å². The number of aryl methyl sites for hydroxylation is 1. The first kappa shape index (κ1) is 43.3. The molecule has 312 valence electrons. The molecule has 0 spiro atoms. The van der Waals surface area contributed by atoms with Crippen molar-refractivity contribution in [3.05, 3.63) is 88.0 Å². The van der Waals surface area contributed by atoms with Crippen LogP contribution in [-0.4, -0.2) is 89.8 Å². The molecule has 3 aliphatic rings. The van der Waals surface area contributed by atoms with E-state index in [9.17, 15) is 46.4 Å². The molecule has 0 bridgehead atoms. The number of alkyl halides is 3. The molecular formula is C42H43F5N6O5S. The van der Waals surface area contributed by atoms with Gasteiger partial charge in [0.2, 0.25) is 11.8 Å². The topological polar surface area (TPSA) is 126 Å². The summed E-state index contributed by atoms with van der Waals surface area (Å²) in [6.07, 6.45) is -3.93. The number of benzene rings is 3. The highest BCUT2D eigenvalue weighted by atomic mass is 32.1. The van der Waals surface area contributed by atoms with Gasteiger partial charge in [0, 0.05) is 57.2 Å². The van der Waals surface area contributed by atoms with Crippen LogP contribution >= 0.6 is 12.2 Å². The minimum absolute atomic E-state index is 0.00769. The lowest BCUT2D eigenvalue weighted by atomic mass is 9.90. The number of Topliss-reactive ketones (excluding diaryl/α,β-unsaturated/α-hetero) is 1. The van der Waals surface area contributed by atoms with Gasteiger partial charge in [-0.1, -0.05) is 13.0 Å². The Bertz CT molecular complexity index is 2220. The number of ether oxygens (including phenoxy) is 1. The molecule has 3 amide bonds. The number of carbonyl (C=O) groups excluding carboxylic acids is 4. The van der Waals surface area contributed by atoms with Crippen molar-refractivity contribution in [1.29, 1.82) is 5.26 Å². The van der Waals surface area contributed by atoms with E-state index in [0.29, 0.717) is 69.2 Å². The Balaban J connectivity index is 1.01. The van der Waals surface area contributed by atoms with Gasteiger partial charge in [0.25, 0.3) is 5.91 Å². The first-order chi connectivity index (χ1) is 27.9. The largest absolute Gasteiger partial charge is 0.492 e. The van der Waals surface area contributed by atoms with Gasteiger partial charge in [0.05, 0.1) is 29.4 Å². The number of imide groups is 1. The zero-order valence-electron chi connectivity index (χ0n) is 32.8. The number of anilines is 2. The van der Waals surface area contributed by atoms with Crippen LogP contribution in [-0.2, 0) is 44.6 Å². The number of carbonyl (C=O) groups is 4. The summed E-state index contributed by atoms with van der Waals surface area (Å²) in [5.41, 5.74) is -1.36. The quantitative estimate of drug-likeness (QED) is 0.130. The van der Waals surface area contributed by atoms with Crippen molar-refractivity contribution in [2.45, 2.75) is 64.6 Å². The number of rotatable bonds is 13. The maximum absolute atomic E-state index is 14.7. The second-order valence-corrected chi connectivity index (χ2v) is 15.8. The number of piperazine rings is 1. The van der Waals surface area contributed by atoms with Crippen molar-refractivity contribution in [2.75, 3.05) is 55.7 Å². The molecule has 3 fully saturated rings. The number of hydrogen-bond donors (Lipinski definition) is 1. The van der Waals surface area contributed by atoms with Crippen LogP contribution in [0.3, 0.4) is 0 Å². The van der Waals surface area contributed by atoms with E-state index in [-0.39, 0.29) is 53.9 Å². The number of amides is 3. The SMILES string of the molecule is CCc1cc(N2C(=S)N(c3ccc(C#N)c(C(F)(F)F)c3)C(=O)C2(C)C)ccc1OCCN1CCN(CC(=O)Cc2cc(CC3CCC(=O)NC3=O)cc(F)c2F)CC1. The Hall–Kier alpha value is -5.31. The van der Waals surface area contributed by atoms with Crippen molar-refractivity contribution in [3.8, 4) is 11.8 Å². The van der Waals surface area contributed by atoms with Gasteiger partial charge >= 0.3 is 6.18 Å². The Morgan fingerprint density at radius 2 is 1.68 bits per heavy atom. The van der Waals surface area contributed by atoms with Crippen LogP contribution < -0.4 is 19.9 Å². The fraction of sp³-hybridized carbons (Fsp3) is 0.429. The molecular weight excluding hydrogens is 796 g/mol. The Morgan fingerprint density at radius 3 is 2.34 bits per heavy atom. The third kappa shape index (κ3) is 9.45. The number of ketones is 1. The van der Waals surface area contributed by atoms with Crippen molar-refractivity contribution >= 4 is 52.2 Å². The molecule has 17 heteroatoms. The van der Waals surface area contributed by atoms with Crippen molar-refractivity contribution < 1.29 is 45.9 Å². The zero-order valence-corrected chi connectivity index (χ0v) is 33.6. The fourth-order valence-corrected chi connectivity index (χ4v) is 8.25. The van der Waals surface area contributed by atoms with E-state index in [1.165, 1.54) is 12.1 Å². The highest BCUT2D eigenvalue weighted by Crippen LogP contribution is 2.40. The van der Waals surface area contributed by atoms with Gasteiger partial charge in [-0.3, -0.25) is 39.2 Å². The van der Waals surface area contributed by atoms with E-state index < -0.39 is 52.2 Å². The molecule has 3 aromatic rings. The number of hydrogen-bond acceptors (Lipinski definition) is 9. The molecule has 0 aliphatic carbocycles. The van der Waals surface area contributed by atoms with E-state index in [1.54, 1.807) is 36.9 Å². The molecule has 0 aromatic heterocycles. The first-order valence-corrected chi connectivity index (χ1v) is 19.6. The summed E-state index contributed by atoms with van der Waals surface area (Å²) in [4.78, 5) is 57.1. The van der Waals surface area contributed by atoms with Gasteiger partial charge in [-0.2, -0.15) is 18.4 Å². The molecule has 11 nitrogen and oxygen atoms in total. The summed E-state index contributed by atoms with van der Waals surface area (Å²) in [7, 11) is 0. The smallest absolute Gasteiger partial charge is 0.417 e. The standard InChI is InChI=1S/C42H43F5N6O5S/c1-4-26-20-31(53-40(59)52(39(57)41(53,2)3)30-7-5-28(23-48)33(22-30)42(45,46)47)8-9-35(26)58-16-15-50-11-13-51(14-12-50)24-32(54)21-29-18-25(19-34(43)37(29)44)17-27-6-10-36(55)49-38(27)56/h5,7-9,18-20,22,27H,4,6,10-17,21,24H2,1-3H3,(H,49,55,56). The highest BCUT2D eigenvalue weighted by Gasteiger charge is 2.51. The number of thiocarbonyl (C=S) groups is 1. The van der Waals surface area contributed by atoms with Gasteiger partial charge in [-0.25, -0.2) is 8.78 Å². The van der Waals surface area contributed by atoms with Crippen LogP contribution in [0.25, 0.3) is 0 Å². The summed E-state index contributed by atoms with van der Waals surface area (Å²) >= 11 is 5.69. The highest BCUT2D eigenvalue weighted by molar-refractivity contribution is 7.81. The molecule has 1 unspecified atom stereocenters. The van der Waals surface area contributed by atoms with Crippen LogP contribution in [0.5, 0.6) is 5.75 Å². The van der Waals surface area contributed by atoms with E-state index in [2.05, 4.69) is 10.2 Å².